The van der Waals surface area contributed by atoms with E-state index < -0.39 is 0 Å². The highest BCUT2D eigenvalue weighted by atomic mass is 16.5. The molecule has 4 aromatic rings. The SMILES string of the molecule is CNC(=O)CCn1ncc2cc(OCc3ccccc3-c3cnn(C)c3)ccc21. The van der Waals surface area contributed by atoms with E-state index in [9.17, 15) is 4.79 Å². The van der Waals surface area contributed by atoms with E-state index in [1.54, 1.807) is 17.9 Å². The van der Waals surface area contributed by atoms with E-state index in [0.717, 1.165) is 33.3 Å². The quantitative estimate of drug-likeness (QED) is 0.527. The number of ether oxygens (including phenoxy) is 1. The fourth-order valence-electron chi connectivity index (χ4n) is 3.31. The standard InChI is InChI=1S/C22H23N5O2/c1-23-22(28)9-10-27-21-8-7-19(11-17(21)12-25-27)29-15-16-5-3-4-6-20(16)18-13-24-26(2)14-18/h3-8,11-14H,9-10,15H2,1-2H3,(H,23,28). The topological polar surface area (TPSA) is 74.0 Å². The van der Waals surface area contributed by atoms with Crippen molar-refractivity contribution in [2.45, 2.75) is 19.6 Å². The molecular weight excluding hydrogens is 366 g/mol. The number of fused-ring (bicyclic) bond motifs is 1. The van der Waals surface area contributed by atoms with E-state index >= 15 is 0 Å². The molecule has 0 bridgehead atoms. The Morgan fingerprint density at radius 2 is 2.00 bits per heavy atom. The first-order chi connectivity index (χ1) is 14.1. The molecule has 2 aromatic carbocycles. The van der Waals surface area contributed by atoms with Crippen molar-refractivity contribution in [3.05, 3.63) is 66.6 Å². The summed E-state index contributed by atoms with van der Waals surface area (Å²) in [6.45, 7) is 1.00. The molecule has 4 rings (SSSR count). The summed E-state index contributed by atoms with van der Waals surface area (Å²) >= 11 is 0. The van der Waals surface area contributed by atoms with Gasteiger partial charge >= 0.3 is 0 Å². The van der Waals surface area contributed by atoms with Gasteiger partial charge in [0.25, 0.3) is 0 Å². The third kappa shape index (κ3) is 4.13. The van der Waals surface area contributed by atoms with Gasteiger partial charge in [0.15, 0.2) is 0 Å². The number of aryl methyl sites for hydroxylation is 2. The Morgan fingerprint density at radius 3 is 2.79 bits per heavy atom. The average molecular weight is 389 g/mol. The van der Waals surface area contributed by atoms with Crippen LogP contribution in [0.4, 0.5) is 0 Å². The van der Waals surface area contributed by atoms with Gasteiger partial charge < -0.3 is 10.1 Å². The molecule has 0 spiro atoms. The maximum absolute atomic E-state index is 11.5. The van der Waals surface area contributed by atoms with Crippen LogP contribution < -0.4 is 10.1 Å². The van der Waals surface area contributed by atoms with Crippen molar-refractivity contribution >= 4 is 16.8 Å². The van der Waals surface area contributed by atoms with Crippen molar-refractivity contribution in [2.75, 3.05) is 7.05 Å². The Labute approximate surface area is 168 Å². The summed E-state index contributed by atoms with van der Waals surface area (Å²) in [6.07, 6.45) is 6.06. The van der Waals surface area contributed by atoms with Gasteiger partial charge in [0.1, 0.15) is 12.4 Å². The largest absolute Gasteiger partial charge is 0.489 e. The Hall–Kier alpha value is -3.61. The molecule has 0 aliphatic heterocycles. The first-order valence-electron chi connectivity index (χ1n) is 9.50. The molecule has 1 amide bonds. The lowest BCUT2D eigenvalue weighted by atomic mass is 10.0. The van der Waals surface area contributed by atoms with Gasteiger partial charge in [-0.3, -0.25) is 14.2 Å². The van der Waals surface area contributed by atoms with Crippen molar-refractivity contribution < 1.29 is 9.53 Å². The molecule has 0 radical (unpaired) electrons. The van der Waals surface area contributed by atoms with Crippen LogP contribution in [0, 0.1) is 0 Å². The Balaban J connectivity index is 1.49. The molecule has 7 nitrogen and oxygen atoms in total. The maximum Gasteiger partial charge on any atom is 0.221 e. The summed E-state index contributed by atoms with van der Waals surface area (Å²) < 4.78 is 9.70. The summed E-state index contributed by atoms with van der Waals surface area (Å²) in [5.41, 5.74) is 4.27. The highest BCUT2D eigenvalue weighted by Crippen LogP contribution is 2.26. The van der Waals surface area contributed by atoms with Crippen LogP contribution in [0.5, 0.6) is 5.75 Å². The van der Waals surface area contributed by atoms with Crippen LogP contribution in [0.2, 0.25) is 0 Å². The minimum absolute atomic E-state index is 0.000819. The lowest BCUT2D eigenvalue weighted by Crippen LogP contribution is -2.19. The highest BCUT2D eigenvalue weighted by Gasteiger charge is 2.09. The normalized spacial score (nSPS) is 11.0. The number of rotatable bonds is 7. The highest BCUT2D eigenvalue weighted by molar-refractivity contribution is 5.80. The molecule has 29 heavy (non-hydrogen) atoms. The molecule has 0 saturated heterocycles. The number of benzene rings is 2. The molecule has 0 unspecified atom stereocenters. The Morgan fingerprint density at radius 1 is 1.14 bits per heavy atom. The molecule has 0 fully saturated rings. The first-order valence-corrected chi connectivity index (χ1v) is 9.50. The number of nitrogens with zero attached hydrogens (tertiary/aromatic N) is 4. The lowest BCUT2D eigenvalue weighted by Gasteiger charge is -2.10. The number of aromatic nitrogens is 4. The van der Waals surface area contributed by atoms with Gasteiger partial charge in [-0.15, -0.1) is 0 Å². The monoisotopic (exact) mass is 389 g/mol. The van der Waals surface area contributed by atoms with E-state index in [2.05, 4.69) is 27.6 Å². The van der Waals surface area contributed by atoms with Crippen molar-refractivity contribution in [3.63, 3.8) is 0 Å². The summed E-state index contributed by atoms with van der Waals surface area (Å²) in [4.78, 5) is 11.5. The predicted molar refractivity (Wildman–Crippen MR) is 111 cm³/mol. The van der Waals surface area contributed by atoms with Gasteiger partial charge in [0, 0.05) is 37.7 Å². The van der Waals surface area contributed by atoms with Crippen molar-refractivity contribution in [3.8, 4) is 16.9 Å². The second kappa shape index (κ2) is 8.18. The van der Waals surface area contributed by atoms with Crippen LogP contribution in [-0.4, -0.2) is 32.5 Å². The van der Waals surface area contributed by atoms with Gasteiger partial charge in [-0.05, 0) is 29.3 Å². The van der Waals surface area contributed by atoms with E-state index in [1.807, 2.05) is 54.5 Å². The Kier molecular flexibility index (Phi) is 5.29. The second-order valence-corrected chi connectivity index (χ2v) is 6.86. The average Bonchev–Trinajstić information content (AvgIpc) is 3.36. The van der Waals surface area contributed by atoms with Gasteiger partial charge in [-0.2, -0.15) is 10.2 Å². The van der Waals surface area contributed by atoms with Gasteiger partial charge in [-0.25, -0.2) is 0 Å². The third-order valence-corrected chi connectivity index (χ3v) is 4.87. The number of nitrogens with one attached hydrogen (secondary N) is 1. The molecule has 1 N–H and O–H groups in total. The van der Waals surface area contributed by atoms with E-state index in [0.29, 0.717) is 19.6 Å². The summed E-state index contributed by atoms with van der Waals surface area (Å²) in [7, 11) is 3.55. The van der Waals surface area contributed by atoms with Gasteiger partial charge in [0.05, 0.1) is 24.5 Å². The van der Waals surface area contributed by atoms with E-state index in [-0.39, 0.29) is 5.91 Å². The number of carbonyl (C=O) groups excluding carboxylic acids is 1. The Bertz CT molecular complexity index is 1150. The van der Waals surface area contributed by atoms with Crippen LogP contribution in [0.25, 0.3) is 22.0 Å². The molecule has 7 heteroatoms. The van der Waals surface area contributed by atoms with Gasteiger partial charge in [0.2, 0.25) is 5.91 Å². The molecule has 0 aliphatic carbocycles. The molecule has 2 heterocycles. The molecule has 148 valence electrons. The number of carbonyl (C=O) groups is 1. The molecule has 2 aromatic heterocycles. The zero-order valence-corrected chi connectivity index (χ0v) is 16.5. The van der Waals surface area contributed by atoms with Crippen LogP contribution in [0.1, 0.15) is 12.0 Å². The molecule has 0 aliphatic rings. The first kappa shape index (κ1) is 18.7. The van der Waals surface area contributed by atoms with Crippen LogP contribution in [-0.2, 0) is 25.0 Å². The zero-order chi connectivity index (χ0) is 20.2. The summed E-state index contributed by atoms with van der Waals surface area (Å²) in [5.74, 6) is 0.783. The van der Waals surface area contributed by atoms with Crippen LogP contribution >= 0.6 is 0 Å². The van der Waals surface area contributed by atoms with Crippen LogP contribution in [0.15, 0.2) is 61.1 Å². The summed E-state index contributed by atoms with van der Waals surface area (Å²) in [5, 5.41) is 12.3. The van der Waals surface area contributed by atoms with Crippen molar-refractivity contribution in [1.29, 1.82) is 0 Å². The molecule has 0 atom stereocenters. The lowest BCUT2D eigenvalue weighted by molar-refractivity contribution is -0.120. The minimum Gasteiger partial charge on any atom is -0.489 e. The molecule has 0 saturated carbocycles. The smallest absolute Gasteiger partial charge is 0.221 e. The summed E-state index contributed by atoms with van der Waals surface area (Å²) in [6, 6.07) is 14.1. The van der Waals surface area contributed by atoms with Gasteiger partial charge in [-0.1, -0.05) is 24.3 Å². The fraction of sp³-hybridized carbons (Fsp3) is 0.227. The van der Waals surface area contributed by atoms with Crippen LogP contribution in [0.3, 0.4) is 0 Å². The van der Waals surface area contributed by atoms with Crippen molar-refractivity contribution in [2.24, 2.45) is 7.05 Å². The predicted octanol–water partition coefficient (Wildman–Crippen LogP) is 3.15. The number of hydrogen-bond acceptors (Lipinski definition) is 4. The molecular formula is C22H23N5O2. The fourth-order valence-corrected chi connectivity index (χ4v) is 3.31. The minimum atomic E-state index is 0.000819. The zero-order valence-electron chi connectivity index (χ0n) is 16.5. The van der Waals surface area contributed by atoms with E-state index in [4.69, 9.17) is 4.74 Å². The van der Waals surface area contributed by atoms with Crippen molar-refractivity contribution in [1.82, 2.24) is 24.9 Å². The number of hydrogen-bond donors (Lipinski definition) is 1. The maximum atomic E-state index is 11.5. The third-order valence-electron chi connectivity index (χ3n) is 4.87. The number of amides is 1. The van der Waals surface area contributed by atoms with E-state index in [1.165, 1.54) is 0 Å². The second-order valence-electron chi connectivity index (χ2n) is 6.86.